The lowest BCUT2D eigenvalue weighted by atomic mass is 9.91. The van der Waals surface area contributed by atoms with Gasteiger partial charge in [0.1, 0.15) is 0 Å². The van der Waals surface area contributed by atoms with E-state index < -0.39 is 0 Å². The van der Waals surface area contributed by atoms with Crippen LogP contribution in [0.15, 0.2) is 18.5 Å². The molecule has 0 spiro atoms. The van der Waals surface area contributed by atoms with E-state index in [4.69, 9.17) is 0 Å². The lowest BCUT2D eigenvalue weighted by Crippen LogP contribution is -2.24. The number of carbonyl (C=O) groups is 1. The van der Waals surface area contributed by atoms with Crippen molar-refractivity contribution in [2.24, 2.45) is 5.41 Å². The van der Waals surface area contributed by atoms with Crippen LogP contribution in [0.2, 0.25) is 0 Å². The quantitative estimate of drug-likeness (QED) is 0.812. The van der Waals surface area contributed by atoms with Crippen LogP contribution in [-0.2, 0) is 11.3 Å². The molecule has 0 aliphatic rings. The van der Waals surface area contributed by atoms with E-state index in [2.05, 4.69) is 31.0 Å². The molecule has 0 saturated carbocycles. The minimum atomic E-state index is -0.309. The van der Waals surface area contributed by atoms with E-state index in [0.717, 1.165) is 11.0 Å². The molecule has 0 unspecified atom stereocenters. The highest BCUT2D eigenvalue weighted by Crippen LogP contribution is 2.21. The third-order valence-corrected chi connectivity index (χ3v) is 3.39. The van der Waals surface area contributed by atoms with E-state index in [-0.39, 0.29) is 11.2 Å². The highest BCUT2D eigenvalue weighted by atomic mass is 16.1. The van der Waals surface area contributed by atoms with E-state index in [1.807, 2.05) is 25.3 Å². The topological polar surface area (TPSA) is 34.9 Å². The normalized spacial score (nSPS) is 12.1. The van der Waals surface area contributed by atoms with Crippen LogP contribution in [0.25, 0.3) is 11.0 Å². The predicted octanol–water partition coefficient (Wildman–Crippen LogP) is 3.27. The maximum Gasteiger partial charge on any atom is 0.157 e. The molecule has 1 aromatic carbocycles. The zero-order valence-corrected chi connectivity index (χ0v) is 11.7. The number of aromatic nitrogens is 2. The number of Topliss-reactive ketones (excluding diaryl/α,β-unsaturated/α-hetero) is 1. The van der Waals surface area contributed by atoms with Crippen LogP contribution < -0.4 is 0 Å². The van der Waals surface area contributed by atoms with Gasteiger partial charge in [-0.25, -0.2) is 4.98 Å². The van der Waals surface area contributed by atoms with Gasteiger partial charge in [-0.1, -0.05) is 20.8 Å². The monoisotopic (exact) mass is 244 g/mol. The van der Waals surface area contributed by atoms with E-state index in [0.29, 0.717) is 6.54 Å². The van der Waals surface area contributed by atoms with Crippen molar-refractivity contribution in [3.8, 4) is 0 Å². The largest absolute Gasteiger partial charge is 0.323 e. The number of benzene rings is 1. The minimum absolute atomic E-state index is 0.222. The standard InChI is InChI=1S/C15H20N2O/c1-10-6-12-13(7-11(10)2)17(9-16-12)8-14(18)15(3,4)5/h6-7,9H,8H2,1-5H3. The number of ketones is 1. The Morgan fingerprint density at radius 3 is 2.44 bits per heavy atom. The van der Waals surface area contributed by atoms with Gasteiger partial charge < -0.3 is 4.57 Å². The highest BCUT2D eigenvalue weighted by Gasteiger charge is 2.21. The summed E-state index contributed by atoms with van der Waals surface area (Å²) in [6, 6.07) is 4.18. The van der Waals surface area contributed by atoms with E-state index in [9.17, 15) is 4.79 Å². The molecular weight excluding hydrogens is 224 g/mol. The number of nitrogens with zero attached hydrogens (tertiary/aromatic N) is 2. The maximum atomic E-state index is 12.1. The molecule has 18 heavy (non-hydrogen) atoms. The summed E-state index contributed by atoms with van der Waals surface area (Å²) >= 11 is 0. The van der Waals surface area contributed by atoms with E-state index >= 15 is 0 Å². The Morgan fingerprint density at radius 2 is 1.83 bits per heavy atom. The number of hydrogen-bond acceptors (Lipinski definition) is 2. The van der Waals surface area contributed by atoms with Crippen molar-refractivity contribution in [3.05, 3.63) is 29.6 Å². The molecule has 3 heteroatoms. The third-order valence-electron chi connectivity index (χ3n) is 3.39. The van der Waals surface area contributed by atoms with Crippen molar-refractivity contribution in [1.29, 1.82) is 0 Å². The van der Waals surface area contributed by atoms with Crippen LogP contribution in [0.1, 0.15) is 31.9 Å². The van der Waals surface area contributed by atoms with Gasteiger partial charge >= 0.3 is 0 Å². The fourth-order valence-electron chi connectivity index (χ4n) is 1.83. The summed E-state index contributed by atoms with van der Waals surface area (Å²) in [7, 11) is 0. The molecular formula is C15H20N2O. The van der Waals surface area contributed by atoms with Crippen molar-refractivity contribution >= 4 is 16.8 Å². The van der Waals surface area contributed by atoms with Gasteiger partial charge in [-0.3, -0.25) is 4.79 Å². The van der Waals surface area contributed by atoms with Gasteiger partial charge in [0.05, 0.1) is 23.9 Å². The molecule has 0 aliphatic carbocycles. The molecule has 96 valence electrons. The fourth-order valence-corrected chi connectivity index (χ4v) is 1.83. The molecule has 0 bridgehead atoms. The average Bonchev–Trinajstić information content (AvgIpc) is 2.61. The first-order valence-electron chi connectivity index (χ1n) is 6.24. The minimum Gasteiger partial charge on any atom is -0.323 e. The highest BCUT2D eigenvalue weighted by molar-refractivity contribution is 5.85. The van der Waals surface area contributed by atoms with E-state index in [1.54, 1.807) is 6.33 Å². The lowest BCUT2D eigenvalue weighted by molar-refractivity contribution is -0.126. The Kier molecular flexibility index (Phi) is 3.01. The Balaban J connectivity index is 2.41. The van der Waals surface area contributed by atoms with Crippen molar-refractivity contribution < 1.29 is 4.79 Å². The molecule has 3 nitrogen and oxygen atoms in total. The predicted molar refractivity (Wildman–Crippen MR) is 73.7 cm³/mol. The summed E-state index contributed by atoms with van der Waals surface area (Å²) in [5.41, 5.74) is 4.15. The second-order valence-corrected chi connectivity index (χ2v) is 5.97. The zero-order valence-electron chi connectivity index (χ0n) is 11.7. The van der Waals surface area contributed by atoms with Crippen molar-refractivity contribution in [3.63, 3.8) is 0 Å². The SMILES string of the molecule is Cc1cc2ncn(CC(=O)C(C)(C)C)c2cc1C. The Hall–Kier alpha value is -1.64. The summed E-state index contributed by atoms with van der Waals surface area (Å²) in [4.78, 5) is 16.4. The van der Waals surface area contributed by atoms with Crippen molar-refractivity contribution in [1.82, 2.24) is 9.55 Å². The molecule has 2 rings (SSSR count). The van der Waals surface area contributed by atoms with E-state index in [1.165, 1.54) is 11.1 Å². The van der Waals surface area contributed by atoms with Gasteiger partial charge in [0, 0.05) is 5.41 Å². The van der Waals surface area contributed by atoms with Crippen molar-refractivity contribution in [2.75, 3.05) is 0 Å². The zero-order chi connectivity index (χ0) is 13.5. The van der Waals surface area contributed by atoms with Gasteiger partial charge in [0.2, 0.25) is 0 Å². The van der Waals surface area contributed by atoms with Crippen LogP contribution in [-0.4, -0.2) is 15.3 Å². The second kappa shape index (κ2) is 4.23. The third kappa shape index (κ3) is 2.30. The van der Waals surface area contributed by atoms with Gasteiger partial charge in [0.15, 0.2) is 5.78 Å². The Morgan fingerprint density at radius 1 is 1.22 bits per heavy atom. The molecule has 0 amide bonds. The first-order chi connectivity index (χ1) is 8.29. The number of aryl methyl sites for hydroxylation is 2. The van der Waals surface area contributed by atoms with Crippen LogP contribution in [0.4, 0.5) is 0 Å². The van der Waals surface area contributed by atoms with Gasteiger partial charge in [-0.15, -0.1) is 0 Å². The maximum absolute atomic E-state index is 12.1. The van der Waals surface area contributed by atoms with Gasteiger partial charge in [-0.2, -0.15) is 0 Å². The first kappa shape index (κ1) is 12.8. The molecule has 0 atom stereocenters. The Bertz CT molecular complexity index is 603. The molecule has 1 heterocycles. The second-order valence-electron chi connectivity index (χ2n) is 5.97. The average molecular weight is 244 g/mol. The smallest absolute Gasteiger partial charge is 0.157 e. The van der Waals surface area contributed by atoms with Gasteiger partial charge in [0.25, 0.3) is 0 Å². The van der Waals surface area contributed by atoms with Crippen LogP contribution in [0, 0.1) is 19.3 Å². The number of carbonyl (C=O) groups excluding carboxylic acids is 1. The summed E-state index contributed by atoms with van der Waals surface area (Å²) in [6.07, 6.45) is 1.76. The first-order valence-corrected chi connectivity index (χ1v) is 6.24. The molecule has 0 radical (unpaired) electrons. The molecule has 1 aromatic heterocycles. The summed E-state index contributed by atoms with van der Waals surface area (Å²) in [5, 5.41) is 0. The molecule has 0 saturated heterocycles. The number of rotatable bonds is 2. The Labute approximate surface area is 108 Å². The van der Waals surface area contributed by atoms with Crippen molar-refractivity contribution in [2.45, 2.75) is 41.2 Å². The molecule has 0 N–H and O–H groups in total. The summed E-state index contributed by atoms with van der Waals surface area (Å²) < 4.78 is 1.94. The van der Waals surface area contributed by atoms with Crippen LogP contribution in [0.3, 0.4) is 0 Å². The molecule has 2 aromatic rings. The van der Waals surface area contributed by atoms with Crippen LogP contribution in [0.5, 0.6) is 0 Å². The molecule has 0 fully saturated rings. The lowest BCUT2D eigenvalue weighted by Gasteiger charge is -2.17. The number of imidazole rings is 1. The van der Waals surface area contributed by atoms with Crippen LogP contribution >= 0.6 is 0 Å². The summed E-state index contributed by atoms with van der Waals surface area (Å²) in [6.45, 7) is 10.4. The fraction of sp³-hybridized carbons (Fsp3) is 0.467. The number of hydrogen-bond donors (Lipinski definition) is 0. The number of fused-ring (bicyclic) bond motifs is 1. The molecule has 0 aliphatic heterocycles. The van der Waals surface area contributed by atoms with Gasteiger partial charge in [-0.05, 0) is 37.1 Å². The summed E-state index contributed by atoms with van der Waals surface area (Å²) in [5.74, 6) is 0.222.